The first-order chi connectivity index (χ1) is 10.8. The highest BCUT2D eigenvalue weighted by Crippen LogP contribution is 2.23. The topological polar surface area (TPSA) is 69.7 Å². The number of rotatable bonds is 5. The van der Waals surface area contributed by atoms with Gasteiger partial charge in [0.15, 0.2) is 0 Å². The minimum atomic E-state index is -4.35. The second-order valence-corrected chi connectivity index (χ2v) is 6.31. The minimum absolute atomic E-state index is 0.0626. The molecular weight excluding hydrogens is 347 g/mol. The van der Waals surface area contributed by atoms with E-state index in [-0.39, 0.29) is 22.9 Å². The van der Waals surface area contributed by atoms with E-state index < -0.39 is 26.8 Å². The van der Waals surface area contributed by atoms with Gasteiger partial charge in [0.05, 0.1) is 12.2 Å². The van der Waals surface area contributed by atoms with Crippen molar-refractivity contribution in [1.29, 1.82) is 0 Å². The van der Waals surface area contributed by atoms with E-state index in [1.807, 2.05) is 0 Å². The summed E-state index contributed by atoms with van der Waals surface area (Å²) in [7, 11) is -4.35. The van der Waals surface area contributed by atoms with Crippen molar-refractivity contribution < 1.29 is 26.5 Å². The highest BCUT2D eigenvalue weighted by atomic mass is 35.5. The van der Waals surface area contributed by atoms with E-state index in [4.69, 9.17) is 20.5 Å². The molecule has 0 bridgehead atoms. The van der Waals surface area contributed by atoms with E-state index in [2.05, 4.69) is 0 Å². The molecule has 0 radical (unpaired) electrons. The minimum Gasteiger partial charge on any atom is -0.462 e. The van der Waals surface area contributed by atoms with Crippen LogP contribution in [-0.2, 0) is 14.9 Å². The fourth-order valence-corrected chi connectivity index (χ4v) is 2.86. The van der Waals surface area contributed by atoms with Crippen molar-refractivity contribution in [2.45, 2.75) is 11.8 Å². The van der Waals surface area contributed by atoms with Crippen LogP contribution in [0.15, 0.2) is 47.4 Å². The molecule has 0 heterocycles. The number of esters is 1. The number of hydrogen-bond donors (Lipinski definition) is 0. The molecule has 0 aliphatic carbocycles. The first kappa shape index (κ1) is 17.2. The average molecular weight is 359 g/mol. The SMILES string of the molecule is CCOC(=O)c1ccc(OS(=O)(=O)c2ccc(Cl)cc2F)cc1. The number of benzene rings is 2. The monoisotopic (exact) mass is 358 g/mol. The molecule has 0 aliphatic heterocycles. The van der Waals surface area contributed by atoms with Crippen molar-refractivity contribution in [3.63, 3.8) is 0 Å². The Morgan fingerprint density at radius 1 is 1.17 bits per heavy atom. The van der Waals surface area contributed by atoms with Crippen molar-refractivity contribution in [2.75, 3.05) is 6.61 Å². The third-order valence-corrected chi connectivity index (χ3v) is 4.25. The summed E-state index contributed by atoms with van der Waals surface area (Å²) in [6.45, 7) is 1.89. The number of carbonyl (C=O) groups excluding carboxylic acids is 1. The van der Waals surface area contributed by atoms with Gasteiger partial charge in [0.2, 0.25) is 0 Å². The molecule has 0 aromatic heterocycles. The van der Waals surface area contributed by atoms with Gasteiger partial charge in [-0.3, -0.25) is 0 Å². The van der Waals surface area contributed by atoms with Crippen LogP contribution in [0.5, 0.6) is 5.75 Å². The Morgan fingerprint density at radius 2 is 1.83 bits per heavy atom. The lowest BCUT2D eigenvalue weighted by Gasteiger charge is -2.08. The van der Waals surface area contributed by atoms with Gasteiger partial charge in [0, 0.05) is 5.02 Å². The van der Waals surface area contributed by atoms with Crippen molar-refractivity contribution in [3.05, 3.63) is 58.9 Å². The lowest BCUT2D eigenvalue weighted by molar-refractivity contribution is 0.0526. The predicted octanol–water partition coefficient (Wildman–Crippen LogP) is 3.42. The second kappa shape index (κ2) is 6.97. The average Bonchev–Trinajstić information content (AvgIpc) is 2.47. The van der Waals surface area contributed by atoms with Crippen LogP contribution in [0.2, 0.25) is 5.02 Å². The molecule has 0 spiro atoms. The zero-order chi connectivity index (χ0) is 17.0. The Labute approximate surface area is 137 Å². The summed E-state index contributed by atoms with van der Waals surface area (Å²) >= 11 is 5.58. The van der Waals surface area contributed by atoms with Gasteiger partial charge in [0.1, 0.15) is 16.5 Å². The molecule has 0 saturated heterocycles. The van der Waals surface area contributed by atoms with E-state index in [0.29, 0.717) is 0 Å². The molecule has 5 nitrogen and oxygen atoms in total. The number of hydrogen-bond acceptors (Lipinski definition) is 5. The summed E-state index contributed by atoms with van der Waals surface area (Å²) in [6.07, 6.45) is 0. The third kappa shape index (κ3) is 4.20. The molecule has 23 heavy (non-hydrogen) atoms. The third-order valence-electron chi connectivity index (χ3n) is 2.73. The Kier molecular flexibility index (Phi) is 5.23. The summed E-state index contributed by atoms with van der Waals surface area (Å²) in [5, 5.41) is 0.0697. The van der Waals surface area contributed by atoms with Gasteiger partial charge in [-0.1, -0.05) is 11.6 Å². The molecular formula is C15H12ClFO5S. The summed E-state index contributed by atoms with van der Waals surface area (Å²) < 4.78 is 47.5. The molecule has 2 rings (SSSR count). The van der Waals surface area contributed by atoms with Gasteiger partial charge in [-0.15, -0.1) is 0 Å². The van der Waals surface area contributed by atoms with Gasteiger partial charge < -0.3 is 8.92 Å². The molecule has 0 N–H and O–H groups in total. The quantitative estimate of drug-likeness (QED) is 0.605. The molecule has 0 saturated carbocycles. The van der Waals surface area contributed by atoms with E-state index >= 15 is 0 Å². The summed E-state index contributed by atoms with van der Waals surface area (Å²) in [5.41, 5.74) is 0.245. The van der Waals surface area contributed by atoms with Crippen LogP contribution < -0.4 is 4.18 Å². The highest BCUT2D eigenvalue weighted by Gasteiger charge is 2.21. The Morgan fingerprint density at radius 3 is 2.39 bits per heavy atom. The van der Waals surface area contributed by atoms with Gasteiger partial charge in [-0.2, -0.15) is 8.42 Å². The van der Waals surface area contributed by atoms with E-state index in [9.17, 15) is 17.6 Å². The highest BCUT2D eigenvalue weighted by molar-refractivity contribution is 7.87. The first-order valence-electron chi connectivity index (χ1n) is 6.50. The zero-order valence-corrected chi connectivity index (χ0v) is 13.5. The van der Waals surface area contributed by atoms with Crippen molar-refractivity contribution in [2.24, 2.45) is 0 Å². The van der Waals surface area contributed by atoms with Crippen LogP contribution in [-0.4, -0.2) is 21.0 Å². The number of ether oxygens (including phenoxy) is 1. The van der Waals surface area contributed by atoms with Crippen LogP contribution in [0, 0.1) is 5.82 Å². The van der Waals surface area contributed by atoms with Crippen LogP contribution >= 0.6 is 11.6 Å². The van der Waals surface area contributed by atoms with E-state index in [1.54, 1.807) is 6.92 Å². The Balaban J connectivity index is 2.22. The van der Waals surface area contributed by atoms with Crippen molar-refractivity contribution >= 4 is 27.7 Å². The van der Waals surface area contributed by atoms with Gasteiger partial charge in [-0.25, -0.2) is 9.18 Å². The van der Waals surface area contributed by atoms with Crippen molar-refractivity contribution in [3.8, 4) is 5.75 Å². The molecule has 8 heteroatoms. The molecule has 0 aliphatic rings. The van der Waals surface area contributed by atoms with Gasteiger partial charge >= 0.3 is 16.1 Å². The Bertz CT molecular complexity index is 818. The van der Waals surface area contributed by atoms with Crippen LogP contribution in [0.25, 0.3) is 0 Å². The summed E-state index contributed by atoms with van der Waals surface area (Å²) in [6, 6.07) is 8.38. The molecule has 122 valence electrons. The molecule has 0 amide bonds. The fourth-order valence-electron chi connectivity index (χ4n) is 1.71. The van der Waals surface area contributed by atoms with E-state index in [0.717, 1.165) is 12.1 Å². The number of carbonyl (C=O) groups is 1. The maximum absolute atomic E-state index is 13.7. The van der Waals surface area contributed by atoms with Gasteiger partial charge in [-0.05, 0) is 49.4 Å². The molecule has 0 unspecified atom stereocenters. The molecule has 2 aromatic carbocycles. The van der Waals surface area contributed by atoms with Crippen LogP contribution in [0.3, 0.4) is 0 Å². The molecule has 2 aromatic rings. The molecule has 0 fully saturated rings. The standard InChI is InChI=1S/C15H12ClFO5S/c1-2-21-15(18)10-3-6-12(7-4-10)22-23(19,20)14-8-5-11(16)9-13(14)17/h3-9H,2H2,1H3. The largest absolute Gasteiger partial charge is 0.462 e. The van der Waals surface area contributed by atoms with E-state index in [1.165, 1.54) is 30.3 Å². The smallest absolute Gasteiger partial charge is 0.342 e. The zero-order valence-electron chi connectivity index (χ0n) is 12.0. The molecule has 0 atom stereocenters. The first-order valence-corrected chi connectivity index (χ1v) is 8.29. The van der Waals surface area contributed by atoms with Crippen LogP contribution in [0.4, 0.5) is 4.39 Å². The summed E-state index contributed by atoms with van der Waals surface area (Å²) in [4.78, 5) is 10.9. The Hall–Kier alpha value is -2.12. The normalized spacial score (nSPS) is 11.1. The lowest BCUT2D eigenvalue weighted by Crippen LogP contribution is -2.12. The summed E-state index contributed by atoms with van der Waals surface area (Å²) in [5.74, 6) is -1.61. The second-order valence-electron chi connectivity index (χ2n) is 4.36. The maximum Gasteiger partial charge on any atom is 0.342 e. The maximum atomic E-state index is 13.7. The number of halogens is 2. The van der Waals surface area contributed by atoms with Crippen LogP contribution in [0.1, 0.15) is 17.3 Å². The van der Waals surface area contributed by atoms with Gasteiger partial charge in [0.25, 0.3) is 0 Å². The van der Waals surface area contributed by atoms with Crippen molar-refractivity contribution in [1.82, 2.24) is 0 Å². The lowest BCUT2D eigenvalue weighted by atomic mass is 10.2. The predicted molar refractivity (Wildman–Crippen MR) is 81.6 cm³/mol. The fraction of sp³-hybridized carbons (Fsp3) is 0.133.